The van der Waals surface area contributed by atoms with Gasteiger partial charge in [0, 0.05) is 19.1 Å². The Balaban J connectivity index is 1.99. The van der Waals surface area contributed by atoms with Crippen molar-refractivity contribution in [2.45, 2.75) is 51.6 Å². The van der Waals surface area contributed by atoms with Crippen LogP contribution in [-0.4, -0.2) is 47.4 Å². The first kappa shape index (κ1) is 10.9. The van der Waals surface area contributed by atoms with Gasteiger partial charge in [-0.1, -0.05) is 0 Å². The number of amides is 1. The van der Waals surface area contributed by atoms with Crippen LogP contribution >= 0.6 is 0 Å². The van der Waals surface area contributed by atoms with Gasteiger partial charge >= 0.3 is 0 Å². The zero-order valence-corrected chi connectivity index (χ0v) is 9.91. The molecule has 0 radical (unpaired) electrons. The van der Waals surface area contributed by atoms with Crippen LogP contribution in [0.4, 0.5) is 0 Å². The molecule has 3 heteroatoms. The molecule has 2 fully saturated rings. The molecule has 2 saturated heterocycles. The second kappa shape index (κ2) is 4.52. The first-order chi connectivity index (χ1) is 7.20. The van der Waals surface area contributed by atoms with E-state index in [1.54, 1.807) is 0 Å². The molecule has 2 aliphatic rings. The largest absolute Gasteiger partial charge is 0.341 e. The molecule has 2 aliphatic heterocycles. The fourth-order valence-electron chi connectivity index (χ4n) is 2.82. The maximum atomic E-state index is 12.2. The van der Waals surface area contributed by atoms with Crippen molar-refractivity contribution >= 4 is 5.91 Å². The molecule has 2 rings (SSSR count). The van der Waals surface area contributed by atoms with Crippen molar-refractivity contribution in [2.75, 3.05) is 19.6 Å². The van der Waals surface area contributed by atoms with Crippen LogP contribution < -0.4 is 0 Å². The highest BCUT2D eigenvalue weighted by molar-refractivity contribution is 5.82. The van der Waals surface area contributed by atoms with Gasteiger partial charge in [0.05, 0.1) is 6.04 Å². The second-order valence-electron chi connectivity index (χ2n) is 5.02. The van der Waals surface area contributed by atoms with Gasteiger partial charge in [0.25, 0.3) is 0 Å². The van der Waals surface area contributed by atoms with Crippen molar-refractivity contribution in [1.29, 1.82) is 0 Å². The quantitative estimate of drug-likeness (QED) is 0.689. The first-order valence-corrected chi connectivity index (χ1v) is 6.24. The van der Waals surface area contributed by atoms with Gasteiger partial charge in [-0.25, -0.2) is 0 Å². The Morgan fingerprint density at radius 2 is 1.80 bits per heavy atom. The molecule has 86 valence electrons. The smallest absolute Gasteiger partial charge is 0.239 e. The van der Waals surface area contributed by atoms with E-state index in [1.165, 1.54) is 19.3 Å². The third-order valence-corrected chi connectivity index (χ3v) is 3.66. The summed E-state index contributed by atoms with van der Waals surface area (Å²) in [5.74, 6) is 0.388. The highest BCUT2D eigenvalue weighted by Crippen LogP contribution is 2.23. The Hall–Kier alpha value is -0.570. The van der Waals surface area contributed by atoms with Gasteiger partial charge in [0.1, 0.15) is 0 Å². The van der Waals surface area contributed by atoms with Gasteiger partial charge in [-0.3, -0.25) is 9.69 Å². The zero-order chi connectivity index (χ0) is 10.8. The van der Waals surface area contributed by atoms with Gasteiger partial charge in [-0.2, -0.15) is 0 Å². The normalized spacial score (nSPS) is 27.9. The molecule has 1 atom stereocenters. The van der Waals surface area contributed by atoms with Crippen molar-refractivity contribution in [3.8, 4) is 0 Å². The summed E-state index contributed by atoms with van der Waals surface area (Å²) in [6.45, 7) is 7.45. The summed E-state index contributed by atoms with van der Waals surface area (Å²) in [7, 11) is 0. The maximum absolute atomic E-state index is 12.2. The Kier molecular flexibility index (Phi) is 3.29. The minimum Gasteiger partial charge on any atom is -0.341 e. The minimum absolute atomic E-state index is 0.183. The number of hydrogen-bond acceptors (Lipinski definition) is 2. The summed E-state index contributed by atoms with van der Waals surface area (Å²) in [4.78, 5) is 16.7. The molecule has 0 saturated carbocycles. The summed E-state index contributed by atoms with van der Waals surface area (Å²) < 4.78 is 0. The van der Waals surface area contributed by atoms with Gasteiger partial charge in [-0.05, 0) is 46.1 Å². The molecule has 0 unspecified atom stereocenters. The number of carbonyl (C=O) groups is 1. The molecule has 1 amide bonds. The molecular weight excluding hydrogens is 188 g/mol. The van der Waals surface area contributed by atoms with Crippen LogP contribution in [-0.2, 0) is 4.79 Å². The summed E-state index contributed by atoms with van der Waals surface area (Å²) in [5.41, 5.74) is 0. The summed E-state index contributed by atoms with van der Waals surface area (Å²) >= 11 is 0. The van der Waals surface area contributed by atoms with Gasteiger partial charge in [0.2, 0.25) is 5.91 Å². The van der Waals surface area contributed by atoms with Crippen LogP contribution in [0.2, 0.25) is 0 Å². The van der Waals surface area contributed by atoms with Crippen molar-refractivity contribution in [1.82, 2.24) is 9.80 Å². The highest BCUT2D eigenvalue weighted by Gasteiger charge is 2.35. The van der Waals surface area contributed by atoms with E-state index < -0.39 is 0 Å². The summed E-state index contributed by atoms with van der Waals surface area (Å²) in [5, 5.41) is 0. The monoisotopic (exact) mass is 210 g/mol. The number of carbonyl (C=O) groups excluding carboxylic acids is 1. The van der Waals surface area contributed by atoms with E-state index in [2.05, 4.69) is 23.6 Å². The molecular formula is C12H22N2O. The van der Waals surface area contributed by atoms with Crippen molar-refractivity contribution in [3.05, 3.63) is 0 Å². The van der Waals surface area contributed by atoms with E-state index in [-0.39, 0.29) is 6.04 Å². The molecule has 15 heavy (non-hydrogen) atoms. The van der Waals surface area contributed by atoms with Crippen LogP contribution in [0.3, 0.4) is 0 Å². The van der Waals surface area contributed by atoms with E-state index >= 15 is 0 Å². The van der Waals surface area contributed by atoms with Crippen LogP contribution in [0.25, 0.3) is 0 Å². The number of rotatable bonds is 2. The van der Waals surface area contributed by atoms with Gasteiger partial charge in [-0.15, -0.1) is 0 Å². The van der Waals surface area contributed by atoms with E-state index in [0.717, 1.165) is 26.1 Å². The molecule has 3 nitrogen and oxygen atoms in total. The minimum atomic E-state index is 0.183. The zero-order valence-electron chi connectivity index (χ0n) is 9.91. The van der Waals surface area contributed by atoms with Gasteiger partial charge in [0.15, 0.2) is 0 Å². The van der Waals surface area contributed by atoms with Crippen LogP contribution in [0.1, 0.15) is 39.5 Å². The lowest BCUT2D eigenvalue weighted by Crippen LogP contribution is -2.47. The molecule has 2 heterocycles. The Morgan fingerprint density at radius 3 is 2.40 bits per heavy atom. The van der Waals surface area contributed by atoms with Crippen molar-refractivity contribution < 1.29 is 4.79 Å². The predicted octanol–water partition coefficient (Wildman–Crippen LogP) is 1.48. The summed E-state index contributed by atoms with van der Waals surface area (Å²) in [6, 6.07) is 0.687. The van der Waals surface area contributed by atoms with Gasteiger partial charge < -0.3 is 4.90 Å². The number of nitrogens with zero attached hydrogens (tertiary/aromatic N) is 2. The van der Waals surface area contributed by atoms with Crippen molar-refractivity contribution in [3.63, 3.8) is 0 Å². The fraction of sp³-hybridized carbons (Fsp3) is 0.917. The lowest BCUT2D eigenvalue weighted by molar-refractivity contribution is -0.135. The molecule has 0 N–H and O–H groups in total. The average molecular weight is 210 g/mol. The molecule has 0 aliphatic carbocycles. The maximum Gasteiger partial charge on any atom is 0.239 e. The molecule has 0 aromatic carbocycles. The third-order valence-electron chi connectivity index (χ3n) is 3.66. The number of hydrogen-bond donors (Lipinski definition) is 0. The Labute approximate surface area is 92.4 Å². The van der Waals surface area contributed by atoms with Crippen molar-refractivity contribution in [2.24, 2.45) is 0 Å². The molecule has 0 spiro atoms. The average Bonchev–Trinajstić information content (AvgIpc) is 2.88. The first-order valence-electron chi connectivity index (χ1n) is 6.24. The van der Waals surface area contributed by atoms with E-state index in [1.807, 2.05) is 0 Å². The van der Waals surface area contributed by atoms with E-state index in [0.29, 0.717) is 11.9 Å². The van der Waals surface area contributed by atoms with Crippen LogP contribution in [0, 0.1) is 0 Å². The second-order valence-corrected chi connectivity index (χ2v) is 5.02. The fourth-order valence-corrected chi connectivity index (χ4v) is 2.82. The van der Waals surface area contributed by atoms with E-state index in [4.69, 9.17) is 0 Å². The van der Waals surface area contributed by atoms with E-state index in [9.17, 15) is 4.79 Å². The SMILES string of the molecule is CC(C)N1CCC[C@H]1C(=O)N1CCCC1. The third kappa shape index (κ3) is 2.17. The molecule has 0 aromatic heterocycles. The topological polar surface area (TPSA) is 23.6 Å². The standard InChI is InChI=1S/C12H22N2O/c1-10(2)14-9-5-6-11(14)12(15)13-7-3-4-8-13/h10-11H,3-9H2,1-2H3/t11-/m0/s1. The lowest BCUT2D eigenvalue weighted by Gasteiger charge is -2.30. The lowest BCUT2D eigenvalue weighted by atomic mass is 10.1. The summed E-state index contributed by atoms with van der Waals surface area (Å²) in [6.07, 6.45) is 4.64. The highest BCUT2D eigenvalue weighted by atomic mass is 16.2. The predicted molar refractivity (Wildman–Crippen MR) is 60.7 cm³/mol. The molecule has 0 bridgehead atoms. The Bertz CT molecular complexity index is 234. The van der Waals surface area contributed by atoms with Crippen LogP contribution in [0.5, 0.6) is 0 Å². The van der Waals surface area contributed by atoms with Crippen LogP contribution in [0.15, 0.2) is 0 Å². The molecule has 0 aromatic rings. The number of likely N-dealkylation sites (tertiary alicyclic amines) is 2. The Morgan fingerprint density at radius 1 is 1.13 bits per heavy atom.